The number of hydrogen-bond acceptors (Lipinski definition) is 6. The summed E-state index contributed by atoms with van der Waals surface area (Å²) in [7, 11) is 3.88. The summed E-state index contributed by atoms with van der Waals surface area (Å²) >= 11 is 2.30. The predicted molar refractivity (Wildman–Crippen MR) is 256 cm³/mol. The third-order valence-electron chi connectivity index (χ3n) is 16.7. The molecule has 62 heavy (non-hydrogen) atoms. The standard InChI is InChI=1S/C54H63IN2O5/c1-32(2)9-8-10-33(3)45-19-20-46-42-18-13-36-29-41(23-25-53(36,4)47(42)24-26-54(45,46)5)62-52(60)61-40-17-22-49-35(28-40)12-16-39(57(49)7)31-44-50(58)43(51(44)59)30-38-15-11-34-27-37(55)14-21-48(34)56(38)6/h11-17,21-22,27-28,30-33,41-42,45-47H,8-10,18-20,23-26,29H2,1-7H3/p+1/t33-,41?,42+,45-,46+,47+,53+,54-/m1/s1. The molecule has 0 radical (unpaired) electrons. The van der Waals surface area contributed by atoms with Crippen molar-refractivity contribution in [3.05, 3.63) is 110 Å². The normalized spacial score (nSPS) is 30.8. The summed E-state index contributed by atoms with van der Waals surface area (Å²) in [5.74, 6) is 5.02. The Kier molecular flexibility index (Phi) is 11.6. The number of aliphatic hydroxyl groups is 1. The van der Waals surface area contributed by atoms with Gasteiger partial charge < -0.3 is 19.5 Å². The van der Waals surface area contributed by atoms with Crippen LogP contribution < -0.4 is 14.2 Å². The third-order valence-corrected chi connectivity index (χ3v) is 17.3. The van der Waals surface area contributed by atoms with Crippen LogP contribution in [0.25, 0.3) is 23.1 Å². The first-order valence-electron chi connectivity index (χ1n) is 23.3. The van der Waals surface area contributed by atoms with Crippen LogP contribution in [0.4, 0.5) is 10.5 Å². The minimum Gasteiger partial charge on any atom is -0.506 e. The molecule has 1 N–H and O–H groups in total. The molecule has 326 valence electrons. The number of rotatable bonds is 9. The number of carbonyl (C=O) groups excluding carboxylic acids is 2. The summed E-state index contributed by atoms with van der Waals surface area (Å²) in [6.45, 7) is 12.5. The van der Waals surface area contributed by atoms with Crippen LogP contribution in [0.2, 0.25) is 0 Å². The van der Waals surface area contributed by atoms with Crippen molar-refractivity contribution in [2.24, 2.45) is 53.4 Å². The maximum Gasteiger partial charge on any atom is 0.514 e. The molecule has 0 bridgehead atoms. The van der Waals surface area contributed by atoms with Gasteiger partial charge in [0.25, 0.3) is 0 Å². The highest BCUT2D eigenvalue weighted by Gasteiger charge is 2.59. The summed E-state index contributed by atoms with van der Waals surface area (Å²) < 4.78 is 15.0. The number of likely N-dealkylation sites (N-methyl/N-ethyl adjacent to an activating group) is 1. The van der Waals surface area contributed by atoms with Gasteiger partial charge in [0.15, 0.2) is 0 Å². The van der Waals surface area contributed by atoms with E-state index >= 15 is 0 Å². The van der Waals surface area contributed by atoms with Gasteiger partial charge in [-0.2, -0.15) is 4.57 Å². The summed E-state index contributed by atoms with van der Waals surface area (Å²) in [5, 5.41) is 12.1. The number of pyridine rings is 1. The molecule has 3 aromatic rings. The Morgan fingerprint density at radius 1 is 0.984 bits per heavy atom. The molecule has 8 heteroatoms. The Morgan fingerprint density at radius 3 is 2.60 bits per heavy atom. The summed E-state index contributed by atoms with van der Waals surface area (Å²) in [5.41, 5.74) is 7.14. The summed E-state index contributed by atoms with van der Waals surface area (Å²) in [4.78, 5) is 28.5. The largest absolute Gasteiger partial charge is 0.514 e. The first kappa shape index (κ1) is 43.1. The molecule has 1 aliphatic heterocycles. The number of benzene rings is 2. The average Bonchev–Trinajstić information content (AvgIpc) is 3.60. The molecule has 8 atom stereocenters. The first-order chi connectivity index (χ1) is 29.6. The number of fused-ring (bicyclic) bond motifs is 7. The minimum absolute atomic E-state index is 0.0109. The molecule has 5 aliphatic carbocycles. The maximum absolute atomic E-state index is 13.3. The fourth-order valence-corrected chi connectivity index (χ4v) is 13.7. The van der Waals surface area contributed by atoms with Gasteiger partial charge in [0, 0.05) is 57.6 Å². The van der Waals surface area contributed by atoms with E-state index in [0.29, 0.717) is 16.7 Å². The molecular weight excluding hydrogens is 884 g/mol. The smallest absolute Gasteiger partial charge is 0.506 e. The second kappa shape index (κ2) is 16.7. The predicted octanol–water partition coefficient (Wildman–Crippen LogP) is 13.0. The second-order valence-electron chi connectivity index (χ2n) is 20.5. The van der Waals surface area contributed by atoms with Gasteiger partial charge in [-0.3, -0.25) is 4.79 Å². The highest BCUT2D eigenvalue weighted by Crippen LogP contribution is 2.67. The zero-order valence-electron chi connectivity index (χ0n) is 37.7. The molecule has 9 rings (SSSR count). The van der Waals surface area contributed by atoms with Gasteiger partial charge in [-0.1, -0.05) is 71.6 Å². The molecule has 3 fully saturated rings. The van der Waals surface area contributed by atoms with Crippen molar-refractivity contribution >= 4 is 63.3 Å². The van der Waals surface area contributed by atoms with E-state index in [-0.39, 0.29) is 28.6 Å². The van der Waals surface area contributed by atoms with Gasteiger partial charge in [-0.15, -0.1) is 0 Å². The fraction of sp³-hybridized carbons (Fsp3) is 0.500. The Hall–Kier alpha value is -4.18. The molecule has 2 aromatic carbocycles. The highest BCUT2D eigenvalue weighted by molar-refractivity contribution is 14.1. The van der Waals surface area contributed by atoms with E-state index < -0.39 is 6.16 Å². The quantitative estimate of drug-likeness (QED) is 0.0575. The first-order valence-corrected chi connectivity index (χ1v) is 24.4. The van der Waals surface area contributed by atoms with Crippen LogP contribution in [0.5, 0.6) is 5.75 Å². The van der Waals surface area contributed by atoms with Crippen LogP contribution in [-0.2, 0) is 16.6 Å². The zero-order valence-corrected chi connectivity index (χ0v) is 39.8. The molecule has 1 aromatic heterocycles. The number of ketones is 1. The topological polar surface area (TPSA) is 80.0 Å². The van der Waals surface area contributed by atoms with Crippen LogP contribution in [-0.4, -0.2) is 30.2 Å². The SMILES string of the molecule is CC(C)CCC[C@@H](C)[C@H]1CC[C@H]2[C@@H]3CC=C4CC(OC(=O)Oc5ccc6c(c5)C=C/C(=C\C5=C(O)C(=C/c7ccc8cc(I)ccc8[n+]7C)/C5=O)N6C)CC[C@]4(C)[C@H]3CC[C@]12C. The number of carbonyl (C=O) groups is 2. The van der Waals surface area contributed by atoms with Crippen LogP contribution in [0.3, 0.4) is 0 Å². The van der Waals surface area contributed by atoms with Crippen molar-refractivity contribution in [3.63, 3.8) is 0 Å². The lowest BCUT2D eigenvalue weighted by molar-refractivity contribution is -0.646. The number of ether oxygens (including phenoxy) is 2. The Bertz CT molecular complexity index is 2480. The van der Waals surface area contributed by atoms with Crippen LogP contribution >= 0.6 is 22.6 Å². The number of aryl methyl sites for hydroxylation is 1. The number of anilines is 1. The van der Waals surface area contributed by atoms with E-state index in [1.807, 2.05) is 60.0 Å². The molecule has 6 aliphatic rings. The van der Waals surface area contributed by atoms with Crippen LogP contribution in [0, 0.1) is 49.9 Å². The molecule has 0 spiro atoms. The van der Waals surface area contributed by atoms with Gasteiger partial charge in [-0.05, 0) is 162 Å². The Balaban J connectivity index is 0.813. The van der Waals surface area contributed by atoms with Gasteiger partial charge in [0.2, 0.25) is 17.0 Å². The summed E-state index contributed by atoms with van der Waals surface area (Å²) in [6, 6.07) is 15.8. The van der Waals surface area contributed by atoms with E-state index in [2.05, 4.69) is 81.5 Å². The van der Waals surface area contributed by atoms with Gasteiger partial charge in [0.1, 0.15) is 24.7 Å². The molecule has 1 unspecified atom stereocenters. The van der Waals surface area contributed by atoms with Crippen LogP contribution in [0.1, 0.15) is 117 Å². The lowest BCUT2D eigenvalue weighted by Gasteiger charge is -2.58. The van der Waals surface area contributed by atoms with E-state index in [4.69, 9.17) is 9.47 Å². The average molecular weight is 948 g/mol. The highest BCUT2D eigenvalue weighted by atomic mass is 127. The zero-order chi connectivity index (χ0) is 43.7. The number of aromatic nitrogens is 1. The maximum atomic E-state index is 13.3. The molecule has 3 saturated carbocycles. The van der Waals surface area contributed by atoms with Crippen molar-refractivity contribution < 1.29 is 28.7 Å². The van der Waals surface area contributed by atoms with Crippen molar-refractivity contribution in [1.82, 2.24) is 0 Å². The molecular formula is C54H64IN2O5+. The molecule has 2 heterocycles. The van der Waals surface area contributed by atoms with Crippen molar-refractivity contribution in [2.75, 3.05) is 11.9 Å². The number of halogens is 1. The third kappa shape index (κ3) is 7.68. The van der Waals surface area contributed by atoms with E-state index in [1.54, 1.807) is 18.2 Å². The van der Waals surface area contributed by atoms with Crippen molar-refractivity contribution in [1.29, 1.82) is 0 Å². The molecule has 0 amide bonds. The number of aliphatic hydroxyl groups excluding tert-OH is 1. The number of Topliss-reactive ketones (excluding diaryl/α,β-unsaturated/α-hetero) is 1. The second-order valence-corrected chi connectivity index (χ2v) is 21.7. The summed E-state index contributed by atoms with van der Waals surface area (Å²) in [6.07, 6.45) is 22.5. The van der Waals surface area contributed by atoms with Gasteiger partial charge in [-0.25, -0.2) is 4.79 Å². The Morgan fingerprint density at radius 2 is 1.81 bits per heavy atom. The molecule has 7 nitrogen and oxygen atoms in total. The number of nitrogens with zero attached hydrogens (tertiary/aromatic N) is 2. The lowest BCUT2D eigenvalue weighted by atomic mass is 9.47. The van der Waals surface area contributed by atoms with Crippen LogP contribution in [0.15, 0.2) is 94.9 Å². The van der Waals surface area contributed by atoms with Crippen molar-refractivity contribution in [2.45, 2.75) is 111 Å². The van der Waals surface area contributed by atoms with Gasteiger partial charge >= 0.3 is 6.16 Å². The number of allylic oxidation sites excluding steroid dienone is 5. The van der Waals surface area contributed by atoms with Gasteiger partial charge in [0.05, 0.1) is 11.1 Å². The molecule has 0 saturated heterocycles. The monoisotopic (exact) mass is 947 g/mol. The van der Waals surface area contributed by atoms with E-state index in [9.17, 15) is 14.7 Å². The van der Waals surface area contributed by atoms with Crippen molar-refractivity contribution in [3.8, 4) is 5.75 Å². The fourth-order valence-electron chi connectivity index (χ4n) is 13.2. The minimum atomic E-state index is -0.656. The number of hydrogen-bond donors (Lipinski definition) is 1. The van der Waals surface area contributed by atoms with E-state index in [0.717, 1.165) is 91.9 Å². The Labute approximate surface area is 382 Å². The lowest BCUT2D eigenvalue weighted by Crippen LogP contribution is -2.51. The van der Waals surface area contributed by atoms with E-state index in [1.165, 1.54) is 56.9 Å².